The van der Waals surface area contributed by atoms with Gasteiger partial charge in [0.25, 0.3) is 0 Å². The third kappa shape index (κ3) is 4.46. The van der Waals surface area contributed by atoms with Crippen molar-refractivity contribution in [3.8, 4) is 0 Å². The summed E-state index contributed by atoms with van der Waals surface area (Å²) in [7, 11) is 3.97. The van der Waals surface area contributed by atoms with Gasteiger partial charge < -0.3 is 4.90 Å². The number of rotatable bonds is 5. The van der Waals surface area contributed by atoms with E-state index in [0.29, 0.717) is 0 Å². The maximum Gasteiger partial charge on any atom is 0.159 e. The lowest BCUT2D eigenvalue weighted by atomic mass is 10.0. The summed E-state index contributed by atoms with van der Waals surface area (Å²) >= 11 is 0. The van der Waals surface area contributed by atoms with Crippen LogP contribution in [0.4, 0.5) is 0 Å². The molecule has 2 nitrogen and oxygen atoms in total. The Balaban J connectivity index is 2.68. The first-order chi connectivity index (χ1) is 8.40. The topological polar surface area (TPSA) is 20.3 Å². The van der Waals surface area contributed by atoms with E-state index in [4.69, 9.17) is 0 Å². The zero-order valence-corrected chi connectivity index (χ0v) is 12.0. The van der Waals surface area contributed by atoms with E-state index in [9.17, 15) is 4.79 Å². The highest BCUT2D eigenvalue weighted by molar-refractivity contribution is 5.95. The fraction of sp³-hybridized carbons (Fsp3) is 0.438. The molecule has 0 spiro atoms. The van der Waals surface area contributed by atoms with Gasteiger partial charge in [-0.1, -0.05) is 31.2 Å². The smallest absolute Gasteiger partial charge is 0.159 e. The highest BCUT2D eigenvalue weighted by atomic mass is 16.1. The second-order valence-corrected chi connectivity index (χ2v) is 5.24. The van der Waals surface area contributed by atoms with Gasteiger partial charge in [0, 0.05) is 12.5 Å². The van der Waals surface area contributed by atoms with Crippen molar-refractivity contribution in [1.82, 2.24) is 4.90 Å². The van der Waals surface area contributed by atoms with Gasteiger partial charge in [0.2, 0.25) is 0 Å². The Hall–Kier alpha value is -1.41. The molecule has 18 heavy (non-hydrogen) atoms. The molecule has 1 atom stereocenters. The number of benzene rings is 1. The molecule has 1 unspecified atom stereocenters. The van der Waals surface area contributed by atoms with Gasteiger partial charge in [-0.3, -0.25) is 4.79 Å². The van der Waals surface area contributed by atoms with Gasteiger partial charge in [-0.05, 0) is 50.7 Å². The number of carbonyl (C=O) groups is 1. The number of hydrogen-bond acceptors (Lipinski definition) is 2. The summed E-state index contributed by atoms with van der Waals surface area (Å²) in [6, 6.07) is 6.24. The predicted molar refractivity (Wildman–Crippen MR) is 77.7 cm³/mol. The Morgan fingerprint density at radius 3 is 2.50 bits per heavy atom. The molecule has 0 saturated carbocycles. The van der Waals surface area contributed by atoms with Crippen molar-refractivity contribution in [2.75, 3.05) is 20.6 Å². The number of ketones is 1. The molecule has 0 heterocycles. The minimum atomic E-state index is 0.0443. The monoisotopic (exact) mass is 245 g/mol. The lowest BCUT2D eigenvalue weighted by molar-refractivity contribution is -0.118. The first kappa shape index (κ1) is 14.7. The maximum absolute atomic E-state index is 11.9. The highest BCUT2D eigenvalue weighted by Gasteiger charge is 2.10. The Bertz CT molecular complexity index is 446. The Morgan fingerprint density at radius 1 is 1.28 bits per heavy atom. The van der Waals surface area contributed by atoms with Crippen LogP contribution in [-0.2, 0) is 4.79 Å². The molecular weight excluding hydrogens is 222 g/mol. The van der Waals surface area contributed by atoms with Crippen molar-refractivity contribution >= 4 is 11.9 Å². The van der Waals surface area contributed by atoms with Crippen LogP contribution in [0.3, 0.4) is 0 Å². The van der Waals surface area contributed by atoms with Crippen LogP contribution in [0, 0.1) is 19.8 Å². The Labute approximate surface area is 110 Å². The molecule has 0 amide bonds. The third-order valence-electron chi connectivity index (χ3n) is 3.10. The van der Waals surface area contributed by atoms with Gasteiger partial charge in [0.15, 0.2) is 5.78 Å². The van der Waals surface area contributed by atoms with Crippen LogP contribution in [0.25, 0.3) is 6.08 Å². The molecule has 0 aliphatic rings. The molecule has 0 fully saturated rings. The molecule has 0 saturated heterocycles. The zero-order chi connectivity index (χ0) is 13.7. The van der Waals surface area contributed by atoms with Gasteiger partial charge in [0.1, 0.15) is 0 Å². The minimum absolute atomic E-state index is 0.0443. The van der Waals surface area contributed by atoms with Crippen LogP contribution >= 0.6 is 0 Å². The molecule has 1 aromatic carbocycles. The third-order valence-corrected chi connectivity index (χ3v) is 3.10. The first-order valence-corrected chi connectivity index (χ1v) is 6.34. The SMILES string of the molecule is Cc1ccc(C=CC(=O)C(C)CN(C)C)cc1C. The number of aryl methyl sites for hydroxylation is 2. The van der Waals surface area contributed by atoms with Crippen molar-refractivity contribution in [3.63, 3.8) is 0 Å². The van der Waals surface area contributed by atoms with Gasteiger partial charge in [-0.25, -0.2) is 0 Å². The number of allylic oxidation sites excluding steroid dienone is 1. The van der Waals surface area contributed by atoms with E-state index in [2.05, 4.69) is 26.0 Å². The van der Waals surface area contributed by atoms with Crippen molar-refractivity contribution < 1.29 is 4.79 Å². The average molecular weight is 245 g/mol. The van der Waals surface area contributed by atoms with E-state index in [-0.39, 0.29) is 11.7 Å². The molecule has 2 heteroatoms. The molecular formula is C16H23NO. The molecule has 0 N–H and O–H groups in total. The van der Waals surface area contributed by atoms with E-state index < -0.39 is 0 Å². The fourth-order valence-corrected chi connectivity index (χ4v) is 1.85. The van der Waals surface area contributed by atoms with Crippen LogP contribution in [-0.4, -0.2) is 31.3 Å². The lowest BCUT2D eigenvalue weighted by Crippen LogP contribution is -2.24. The number of hydrogen-bond donors (Lipinski definition) is 0. The largest absolute Gasteiger partial charge is 0.309 e. The minimum Gasteiger partial charge on any atom is -0.309 e. The van der Waals surface area contributed by atoms with Gasteiger partial charge in [-0.2, -0.15) is 0 Å². The number of nitrogens with zero attached hydrogens (tertiary/aromatic N) is 1. The lowest BCUT2D eigenvalue weighted by Gasteiger charge is -2.13. The van der Waals surface area contributed by atoms with E-state index in [0.717, 1.165) is 12.1 Å². The van der Waals surface area contributed by atoms with Gasteiger partial charge in [0.05, 0.1) is 0 Å². The second kappa shape index (κ2) is 6.50. The molecule has 0 aromatic heterocycles. The van der Waals surface area contributed by atoms with Crippen LogP contribution in [0.15, 0.2) is 24.3 Å². The zero-order valence-electron chi connectivity index (χ0n) is 12.0. The Morgan fingerprint density at radius 2 is 1.94 bits per heavy atom. The molecule has 1 aromatic rings. The van der Waals surface area contributed by atoms with Crippen molar-refractivity contribution in [2.24, 2.45) is 5.92 Å². The highest BCUT2D eigenvalue weighted by Crippen LogP contribution is 2.11. The molecule has 1 rings (SSSR count). The maximum atomic E-state index is 11.9. The summed E-state index contributed by atoms with van der Waals surface area (Å²) in [5, 5.41) is 0. The van der Waals surface area contributed by atoms with E-state index in [1.54, 1.807) is 6.08 Å². The summed E-state index contributed by atoms with van der Waals surface area (Å²) in [6.07, 6.45) is 3.60. The quantitative estimate of drug-likeness (QED) is 0.743. The van der Waals surface area contributed by atoms with Gasteiger partial charge in [-0.15, -0.1) is 0 Å². The second-order valence-electron chi connectivity index (χ2n) is 5.24. The summed E-state index contributed by atoms with van der Waals surface area (Å²) in [6.45, 7) is 6.93. The normalized spacial score (nSPS) is 13.2. The van der Waals surface area contributed by atoms with Crippen LogP contribution in [0.1, 0.15) is 23.6 Å². The van der Waals surface area contributed by atoms with E-state index in [1.807, 2.05) is 38.1 Å². The predicted octanol–water partition coefficient (Wildman–Crippen LogP) is 3.08. The number of carbonyl (C=O) groups excluding carboxylic acids is 1. The van der Waals surface area contributed by atoms with Crippen molar-refractivity contribution in [3.05, 3.63) is 41.0 Å². The van der Waals surface area contributed by atoms with Crippen LogP contribution in [0.5, 0.6) is 0 Å². The molecule has 0 radical (unpaired) electrons. The van der Waals surface area contributed by atoms with Gasteiger partial charge >= 0.3 is 0 Å². The van der Waals surface area contributed by atoms with Crippen molar-refractivity contribution in [2.45, 2.75) is 20.8 Å². The van der Waals surface area contributed by atoms with E-state index >= 15 is 0 Å². The summed E-state index contributed by atoms with van der Waals surface area (Å²) in [5.41, 5.74) is 3.62. The van der Waals surface area contributed by atoms with Crippen LogP contribution < -0.4 is 0 Å². The van der Waals surface area contributed by atoms with Crippen molar-refractivity contribution in [1.29, 1.82) is 0 Å². The van der Waals surface area contributed by atoms with Crippen LogP contribution in [0.2, 0.25) is 0 Å². The molecule has 0 aliphatic carbocycles. The first-order valence-electron chi connectivity index (χ1n) is 6.34. The summed E-state index contributed by atoms with van der Waals surface area (Å²) in [4.78, 5) is 13.9. The average Bonchev–Trinajstić information content (AvgIpc) is 2.29. The Kier molecular flexibility index (Phi) is 5.29. The standard InChI is InChI=1S/C16H23NO/c1-12-6-7-15(10-13(12)2)8-9-16(18)14(3)11-17(4)5/h6-10,14H,11H2,1-5H3. The molecule has 98 valence electrons. The van der Waals surface area contributed by atoms with E-state index in [1.165, 1.54) is 11.1 Å². The molecule has 0 aliphatic heterocycles. The summed E-state index contributed by atoms with van der Waals surface area (Å²) in [5.74, 6) is 0.227. The fourth-order valence-electron chi connectivity index (χ4n) is 1.85. The summed E-state index contributed by atoms with van der Waals surface area (Å²) < 4.78 is 0. The molecule has 0 bridgehead atoms.